The fourth-order valence-electron chi connectivity index (χ4n) is 1.74. The SMILES string of the molecule is C/C=C/C(=O)[C@@H]1OCC[C@@H]1NC(=O)OC(C)(C)C. The third-order valence-electron chi connectivity index (χ3n) is 2.41. The Morgan fingerprint density at radius 3 is 2.61 bits per heavy atom. The Bertz CT molecular complexity index is 343. The van der Waals surface area contributed by atoms with Gasteiger partial charge in [0.1, 0.15) is 11.7 Å². The van der Waals surface area contributed by atoms with E-state index >= 15 is 0 Å². The first kappa shape index (κ1) is 14.7. The molecule has 1 rings (SSSR count). The Balaban J connectivity index is 2.55. The van der Waals surface area contributed by atoms with Crippen molar-refractivity contribution in [2.24, 2.45) is 0 Å². The summed E-state index contributed by atoms with van der Waals surface area (Å²) >= 11 is 0. The molecule has 0 aromatic heterocycles. The predicted octanol–water partition coefficient (Wildman–Crippen LogP) is 1.81. The summed E-state index contributed by atoms with van der Waals surface area (Å²) in [6, 6.07) is -0.316. The first-order valence-electron chi connectivity index (χ1n) is 6.11. The lowest BCUT2D eigenvalue weighted by Crippen LogP contribution is -2.45. The molecular formula is C13H21NO4. The van der Waals surface area contributed by atoms with E-state index in [4.69, 9.17) is 9.47 Å². The third-order valence-corrected chi connectivity index (χ3v) is 2.41. The average molecular weight is 255 g/mol. The van der Waals surface area contributed by atoms with Crippen molar-refractivity contribution in [2.45, 2.75) is 51.9 Å². The Kier molecular flexibility index (Phi) is 4.90. The lowest BCUT2D eigenvalue weighted by atomic mass is 10.1. The second-order valence-electron chi connectivity index (χ2n) is 5.24. The summed E-state index contributed by atoms with van der Waals surface area (Å²) in [5.74, 6) is -0.129. The number of hydrogen-bond donors (Lipinski definition) is 1. The van der Waals surface area contributed by atoms with Gasteiger partial charge in [-0.05, 0) is 40.2 Å². The fraction of sp³-hybridized carbons (Fsp3) is 0.692. The lowest BCUT2D eigenvalue weighted by Gasteiger charge is -2.23. The molecule has 0 aliphatic carbocycles. The van der Waals surface area contributed by atoms with Crippen LogP contribution in [0.25, 0.3) is 0 Å². The van der Waals surface area contributed by atoms with Gasteiger partial charge in [0, 0.05) is 6.61 Å². The molecule has 2 atom stereocenters. The molecule has 1 N–H and O–H groups in total. The molecule has 0 saturated carbocycles. The molecule has 1 heterocycles. The van der Waals surface area contributed by atoms with Crippen LogP contribution in [-0.4, -0.2) is 36.2 Å². The Hall–Kier alpha value is -1.36. The van der Waals surface area contributed by atoms with Gasteiger partial charge in [0.05, 0.1) is 6.04 Å². The van der Waals surface area contributed by atoms with E-state index in [0.717, 1.165) is 0 Å². The largest absolute Gasteiger partial charge is 0.444 e. The van der Waals surface area contributed by atoms with Gasteiger partial charge in [-0.1, -0.05) is 6.08 Å². The van der Waals surface area contributed by atoms with Crippen LogP contribution in [0.4, 0.5) is 4.79 Å². The molecule has 0 radical (unpaired) electrons. The molecule has 5 nitrogen and oxygen atoms in total. The quantitative estimate of drug-likeness (QED) is 0.781. The van der Waals surface area contributed by atoms with Crippen LogP contribution in [0.2, 0.25) is 0 Å². The van der Waals surface area contributed by atoms with Crippen molar-refractivity contribution in [2.75, 3.05) is 6.61 Å². The van der Waals surface area contributed by atoms with E-state index in [1.54, 1.807) is 33.8 Å². The molecule has 0 aromatic carbocycles. The minimum absolute atomic E-state index is 0.129. The fourth-order valence-corrected chi connectivity index (χ4v) is 1.74. The van der Waals surface area contributed by atoms with E-state index < -0.39 is 17.8 Å². The maximum atomic E-state index is 11.7. The molecule has 1 aliphatic rings. The van der Waals surface area contributed by atoms with Crippen molar-refractivity contribution in [1.82, 2.24) is 5.32 Å². The minimum Gasteiger partial charge on any atom is -0.444 e. The summed E-state index contributed by atoms with van der Waals surface area (Å²) in [5.41, 5.74) is -0.549. The van der Waals surface area contributed by atoms with Gasteiger partial charge < -0.3 is 14.8 Å². The molecule has 18 heavy (non-hydrogen) atoms. The van der Waals surface area contributed by atoms with Gasteiger partial charge in [-0.3, -0.25) is 4.79 Å². The van der Waals surface area contributed by atoms with Crippen LogP contribution in [-0.2, 0) is 14.3 Å². The van der Waals surface area contributed by atoms with E-state index in [-0.39, 0.29) is 11.8 Å². The Labute approximate surface area is 108 Å². The Morgan fingerprint density at radius 1 is 1.39 bits per heavy atom. The molecular weight excluding hydrogens is 234 g/mol. The van der Waals surface area contributed by atoms with Crippen molar-refractivity contribution < 1.29 is 19.1 Å². The van der Waals surface area contributed by atoms with E-state index in [1.165, 1.54) is 6.08 Å². The van der Waals surface area contributed by atoms with Crippen LogP contribution >= 0.6 is 0 Å². The van der Waals surface area contributed by atoms with Gasteiger partial charge in [0.25, 0.3) is 0 Å². The number of carbonyl (C=O) groups is 2. The van der Waals surface area contributed by atoms with Crippen molar-refractivity contribution >= 4 is 11.9 Å². The van der Waals surface area contributed by atoms with Crippen LogP contribution < -0.4 is 5.32 Å². The highest BCUT2D eigenvalue weighted by Crippen LogP contribution is 2.16. The summed E-state index contributed by atoms with van der Waals surface area (Å²) in [5, 5.41) is 2.68. The normalized spacial score (nSPS) is 24.2. The molecule has 1 amide bonds. The smallest absolute Gasteiger partial charge is 0.407 e. The van der Waals surface area contributed by atoms with Crippen LogP contribution in [0.1, 0.15) is 34.1 Å². The van der Waals surface area contributed by atoms with Gasteiger partial charge in [-0.15, -0.1) is 0 Å². The third kappa shape index (κ3) is 4.49. The van der Waals surface area contributed by atoms with Crippen molar-refractivity contribution in [3.05, 3.63) is 12.2 Å². The van der Waals surface area contributed by atoms with E-state index in [1.807, 2.05) is 0 Å². The molecule has 1 fully saturated rings. The van der Waals surface area contributed by atoms with Crippen molar-refractivity contribution in [3.63, 3.8) is 0 Å². The van der Waals surface area contributed by atoms with Gasteiger partial charge in [0.2, 0.25) is 0 Å². The lowest BCUT2D eigenvalue weighted by molar-refractivity contribution is -0.123. The first-order valence-corrected chi connectivity index (χ1v) is 6.11. The number of ether oxygens (including phenoxy) is 2. The maximum absolute atomic E-state index is 11.7. The zero-order chi connectivity index (χ0) is 13.8. The average Bonchev–Trinajstić information content (AvgIpc) is 2.62. The van der Waals surface area contributed by atoms with Crippen molar-refractivity contribution in [1.29, 1.82) is 0 Å². The van der Waals surface area contributed by atoms with Crippen LogP contribution in [0, 0.1) is 0 Å². The standard InChI is InChI=1S/C13H21NO4/c1-5-6-10(15)11-9(7-8-17-11)14-12(16)18-13(2,3)4/h5-6,9,11H,7-8H2,1-4H3,(H,14,16)/b6-5+/t9-,11+/m0/s1. The molecule has 1 saturated heterocycles. The van der Waals surface area contributed by atoms with Gasteiger partial charge in [-0.25, -0.2) is 4.79 Å². The number of hydrogen-bond acceptors (Lipinski definition) is 4. The summed E-state index contributed by atoms with van der Waals surface area (Å²) in [7, 11) is 0. The van der Waals surface area contributed by atoms with Crippen LogP contribution in [0.3, 0.4) is 0 Å². The molecule has 5 heteroatoms. The second-order valence-corrected chi connectivity index (χ2v) is 5.24. The van der Waals surface area contributed by atoms with Crippen LogP contribution in [0.5, 0.6) is 0 Å². The van der Waals surface area contributed by atoms with Crippen molar-refractivity contribution in [3.8, 4) is 0 Å². The molecule has 0 bridgehead atoms. The summed E-state index contributed by atoms with van der Waals surface area (Å²) in [6.45, 7) is 7.61. The monoisotopic (exact) mass is 255 g/mol. The number of amides is 1. The summed E-state index contributed by atoms with van der Waals surface area (Å²) in [4.78, 5) is 23.3. The maximum Gasteiger partial charge on any atom is 0.407 e. The van der Waals surface area contributed by atoms with Crippen LogP contribution in [0.15, 0.2) is 12.2 Å². The van der Waals surface area contributed by atoms with Gasteiger partial charge >= 0.3 is 6.09 Å². The Morgan fingerprint density at radius 2 is 2.06 bits per heavy atom. The molecule has 0 spiro atoms. The second kappa shape index (κ2) is 6.00. The number of alkyl carbamates (subject to hydrolysis) is 1. The summed E-state index contributed by atoms with van der Waals surface area (Å²) in [6.07, 6.45) is 2.62. The highest BCUT2D eigenvalue weighted by molar-refractivity contribution is 5.94. The predicted molar refractivity (Wildman–Crippen MR) is 67.3 cm³/mol. The minimum atomic E-state index is -0.603. The zero-order valence-electron chi connectivity index (χ0n) is 11.4. The van der Waals surface area contributed by atoms with E-state index in [9.17, 15) is 9.59 Å². The number of carbonyl (C=O) groups excluding carboxylic acids is 2. The number of rotatable bonds is 3. The number of allylic oxidation sites excluding steroid dienone is 1. The highest BCUT2D eigenvalue weighted by Gasteiger charge is 2.34. The first-order chi connectivity index (χ1) is 8.33. The summed E-state index contributed by atoms with van der Waals surface area (Å²) < 4.78 is 10.5. The topological polar surface area (TPSA) is 64.6 Å². The number of nitrogens with one attached hydrogen (secondary N) is 1. The molecule has 0 aromatic rings. The number of ketones is 1. The highest BCUT2D eigenvalue weighted by atomic mass is 16.6. The van der Waals surface area contributed by atoms with Gasteiger partial charge in [-0.2, -0.15) is 0 Å². The molecule has 1 aliphatic heterocycles. The van der Waals surface area contributed by atoms with Gasteiger partial charge in [0.15, 0.2) is 5.78 Å². The van der Waals surface area contributed by atoms with E-state index in [0.29, 0.717) is 13.0 Å². The van der Waals surface area contributed by atoms with E-state index in [2.05, 4.69) is 5.32 Å². The molecule has 102 valence electrons. The zero-order valence-corrected chi connectivity index (χ0v) is 11.4. The molecule has 0 unspecified atom stereocenters.